The van der Waals surface area contributed by atoms with Gasteiger partial charge in [0.1, 0.15) is 12.4 Å². The highest BCUT2D eigenvalue weighted by molar-refractivity contribution is 8.19. The first-order chi connectivity index (χ1) is 14.8. The summed E-state index contributed by atoms with van der Waals surface area (Å²) >= 11 is 0. The summed E-state index contributed by atoms with van der Waals surface area (Å²) in [6.45, 7) is 0.620. The molecule has 0 spiro atoms. The molecule has 0 aliphatic rings. The number of alkyl halides is 3. The van der Waals surface area contributed by atoms with Gasteiger partial charge in [0.25, 0.3) is 5.91 Å². The van der Waals surface area contributed by atoms with Gasteiger partial charge in [0.2, 0.25) is 0 Å². The quantitative estimate of drug-likeness (QED) is 0.542. The third-order valence-electron chi connectivity index (χ3n) is 4.02. The number of nitriles is 2. The van der Waals surface area contributed by atoms with Crippen LogP contribution in [-0.4, -0.2) is 33.5 Å². The van der Waals surface area contributed by atoms with Crippen molar-refractivity contribution in [3.63, 3.8) is 0 Å². The molecule has 12 heteroatoms. The van der Waals surface area contributed by atoms with E-state index in [4.69, 9.17) is 19.4 Å². The van der Waals surface area contributed by atoms with Gasteiger partial charge in [0.15, 0.2) is 5.60 Å². The van der Waals surface area contributed by atoms with Crippen molar-refractivity contribution in [1.82, 2.24) is 0 Å². The van der Waals surface area contributed by atoms with Gasteiger partial charge in [0, 0.05) is 11.9 Å². The van der Waals surface area contributed by atoms with Crippen molar-refractivity contribution in [2.24, 2.45) is 0 Å². The zero-order valence-electron chi connectivity index (χ0n) is 16.8. The Kier molecular flexibility index (Phi) is 7.38. The van der Waals surface area contributed by atoms with Crippen LogP contribution in [0.4, 0.5) is 18.9 Å². The SMILES string of the molecule is CC(COc1ccc(C#N)cc1)(OS(C)(O)O)C(=O)Nc1ccc(C#N)c(C(F)(F)F)c1. The third-order valence-corrected chi connectivity index (χ3v) is 4.71. The molecule has 8 nitrogen and oxygen atoms in total. The number of ether oxygens (including phenoxy) is 1. The number of nitrogens with zero attached hydrogens (tertiary/aromatic N) is 2. The number of benzene rings is 2. The van der Waals surface area contributed by atoms with Crippen LogP contribution in [-0.2, 0) is 15.2 Å². The predicted octanol–water partition coefficient (Wildman–Crippen LogP) is 4.54. The molecule has 3 N–H and O–H groups in total. The monoisotopic (exact) mass is 469 g/mol. The molecule has 0 saturated carbocycles. The number of hydrogen-bond donors (Lipinski definition) is 3. The maximum Gasteiger partial charge on any atom is 0.417 e. The van der Waals surface area contributed by atoms with Gasteiger partial charge in [0.05, 0.1) is 39.7 Å². The van der Waals surface area contributed by atoms with Crippen molar-refractivity contribution >= 4 is 22.5 Å². The number of hydrogen-bond acceptors (Lipinski definition) is 7. The first-order valence-electron chi connectivity index (χ1n) is 8.77. The summed E-state index contributed by atoms with van der Waals surface area (Å²) in [7, 11) is -3.68. The van der Waals surface area contributed by atoms with Crippen molar-refractivity contribution < 1.29 is 36.0 Å². The molecule has 170 valence electrons. The van der Waals surface area contributed by atoms with Gasteiger partial charge in [-0.3, -0.25) is 8.98 Å². The molecule has 32 heavy (non-hydrogen) atoms. The second-order valence-electron chi connectivity index (χ2n) is 6.83. The van der Waals surface area contributed by atoms with Crippen molar-refractivity contribution in [3.8, 4) is 17.9 Å². The number of halogens is 3. The first-order valence-corrected chi connectivity index (χ1v) is 10.6. The average Bonchev–Trinajstić information content (AvgIpc) is 2.70. The van der Waals surface area contributed by atoms with Gasteiger partial charge < -0.3 is 19.2 Å². The number of amides is 1. The van der Waals surface area contributed by atoms with Crippen molar-refractivity contribution in [2.75, 3.05) is 18.2 Å². The Balaban J connectivity index is 2.29. The molecule has 1 amide bonds. The molecule has 0 saturated heterocycles. The molecule has 2 aromatic rings. The van der Waals surface area contributed by atoms with Crippen LogP contribution in [0.1, 0.15) is 23.6 Å². The van der Waals surface area contributed by atoms with Crippen molar-refractivity contribution in [1.29, 1.82) is 10.5 Å². The van der Waals surface area contributed by atoms with Crippen LogP contribution >= 0.6 is 10.9 Å². The average molecular weight is 469 g/mol. The van der Waals surface area contributed by atoms with Crippen LogP contribution in [0.2, 0.25) is 0 Å². The van der Waals surface area contributed by atoms with Crippen LogP contribution in [0.3, 0.4) is 0 Å². The van der Waals surface area contributed by atoms with Gasteiger partial charge >= 0.3 is 6.18 Å². The minimum Gasteiger partial charge on any atom is -0.490 e. The highest BCUT2D eigenvalue weighted by atomic mass is 32.3. The summed E-state index contributed by atoms with van der Waals surface area (Å²) in [5.41, 5.74) is -3.83. The topological polar surface area (TPSA) is 136 Å². The Labute approximate surface area is 183 Å². The van der Waals surface area contributed by atoms with Crippen molar-refractivity contribution in [3.05, 3.63) is 59.2 Å². The maximum atomic E-state index is 13.2. The van der Waals surface area contributed by atoms with Crippen LogP contribution < -0.4 is 10.1 Å². The zero-order valence-corrected chi connectivity index (χ0v) is 17.6. The number of rotatable bonds is 7. The van der Waals surface area contributed by atoms with E-state index in [2.05, 4.69) is 5.32 Å². The Morgan fingerprint density at radius 1 is 1.12 bits per heavy atom. The summed E-state index contributed by atoms with van der Waals surface area (Å²) in [5, 5.41) is 19.9. The molecule has 0 heterocycles. The molecule has 2 aromatic carbocycles. The largest absolute Gasteiger partial charge is 0.490 e. The number of carbonyl (C=O) groups excluding carboxylic acids is 1. The van der Waals surface area contributed by atoms with Gasteiger partial charge in [-0.1, -0.05) is 0 Å². The molecule has 0 radical (unpaired) electrons. The molecular weight excluding hydrogens is 451 g/mol. The lowest BCUT2D eigenvalue weighted by Gasteiger charge is -2.34. The molecular formula is C20H18F3N3O5S. The van der Waals surface area contributed by atoms with Crippen LogP contribution in [0.5, 0.6) is 5.75 Å². The molecule has 0 bridgehead atoms. The smallest absolute Gasteiger partial charge is 0.417 e. The van der Waals surface area contributed by atoms with E-state index >= 15 is 0 Å². The van der Waals surface area contributed by atoms with E-state index in [0.717, 1.165) is 25.3 Å². The van der Waals surface area contributed by atoms with Gasteiger partial charge in [-0.2, -0.15) is 23.7 Å². The van der Waals surface area contributed by atoms with E-state index in [1.54, 1.807) is 0 Å². The van der Waals surface area contributed by atoms with Crippen LogP contribution in [0.25, 0.3) is 0 Å². The van der Waals surface area contributed by atoms with Crippen LogP contribution in [0.15, 0.2) is 42.5 Å². The maximum absolute atomic E-state index is 13.2. The molecule has 0 aliphatic carbocycles. The fraction of sp³-hybridized carbons (Fsp3) is 0.250. The Hall–Kier alpha value is -3.29. The standard InChI is InChI=1S/C20H18F3N3O5S/c1-19(31-32(2,28)29,12-30-16-7-3-13(10-24)4-8-16)18(27)26-15-6-5-14(11-25)17(9-15)20(21,22)23/h3-9,28-29H,12H2,1-2H3,(H,26,27). The summed E-state index contributed by atoms with van der Waals surface area (Å²) in [4.78, 5) is 12.8. The second-order valence-corrected chi connectivity index (χ2v) is 8.52. The molecule has 0 aliphatic heterocycles. The predicted molar refractivity (Wildman–Crippen MR) is 110 cm³/mol. The normalized spacial score (nSPS) is 13.9. The second kappa shape index (κ2) is 9.46. The van der Waals surface area contributed by atoms with Gasteiger partial charge in [-0.05, 0) is 49.4 Å². The van der Waals surface area contributed by atoms with Crippen molar-refractivity contribution in [2.45, 2.75) is 18.7 Å². The minimum atomic E-state index is -4.83. The summed E-state index contributed by atoms with van der Waals surface area (Å²) in [6.07, 6.45) is -3.91. The van der Waals surface area contributed by atoms with E-state index in [0.29, 0.717) is 11.6 Å². The summed E-state index contributed by atoms with van der Waals surface area (Å²) in [5.74, 6) is -0.789. The van der Waals surface area contributed by atoms with E-state index < -0.39 is 46.3 Å². The fourth-order valence-electron chi connectivity index (χ4n) is 2.54. The minimum absolute atomic E-state index is 0.233. The molecule has 1 atom stereocenters. The van der Waals surface area contributed by atoms with E-state index in [1.165, 1.54) is 30.3 Å². The van der Waals surface area contributed by atoms with E-state index in [-0.39, 0.29) is 11.4 Å². The highest BCUT2D eigenvalue weighted by Crippen LogP contribution is 2.41. The third kappa shape index (κ3) is 6.60. The van der Waals surface area contributed by atoms with Crippen LogP contribution in [0, 0.1) is 22.7 Å². The molecule has 1 unspecified atom stereocenters. The number of anilines is 1. The summed E-state index contributed by atoms with van der Waals surface area (Å²) < 4.78 is 69.5. The Morgan fingerprint density at radius 2 is 1.75 bits per heavy atom. The summed E-state index contributed by atoms with van der Waals surface area (Å²) in [6, 6.07) is 11.7. The highest BCUT2D eigenvalue weighted by Gasteiger charge is 2.41. The number of nitrogens with one attached hydrogen (secondary N) is 1. The van der Waals surface area contributed by atoms with Gasteiger partial charge in [-0.25, -0.2) is 0 Å². The lowest BCUT2D eigenvalue weighted by Crippen LogP contribution is -2.48. The molecule has 0 fully saturated rings. The fourth-order valence-corrected chi connectivity index (χ4v) is 3.36. The zero-order chi connectivity index (χ0) is 24.2. The molecule has 0 aromatic heterocycles. The van der Waals surface area contributed by atoms with E-state index in [9.17, 15) is 27.1 Å². The van der Waals surface area contributed by atoms with E-state index in [1.807, 2.05) is 6.07 Å². The lowest BCUT2D eigenvalue weighted by molar-refractivity contribution is -0.138. The Bertz CT molecular complexity index is 1070. The Morgan fingerprint density at radius 3 is 2.25 bits per heavy atom. The lowest BCUT2D eigenvalue weighted by atomic mass is 10.1. The van der Waals surface area contributed by atoms with Gasteiger partial charge in [-0.15, -0.1) is 0 Å². The number of carbonyl (C=O) groups is 1. The molecule has 2 rings (SSSR count). The first kappa shape index (κ1) is 25.0.